The summed E-state index contributed by atoms with van der Waals surface area (Å²) in [6.07, 6.45) is 3.03. The third-order valence-corrected chi connectivity index (χ3v) is 4.03. The van der Waals surface area contributed by atoms with Gasteiger partial charge in [-0.15, -0.1) is 0 Å². The Bertz CT molecular complexity index is 334. The number of hydrogen-bond donors (Lipinski definition) is 2. The fourth-order valence-corrected chi connectivity index (χ4v) is 2.98. The van der Waals surface area contributed by atoms with Crippen LogP contribution in [0.5, 0.6) is 0 Å². The van der Waals surface area contributed by atoms with E-state index in [4.69, 9.17) is 5.73 Å². The van der Waals surface area contributed by atoms with Gasteiger partial charge in [-0.2, -0.15) is 0 Å². The summed E-state index contributed by atoms with van der Waals surface area (Å²) in [6.45, 7) is 8.48. The number of amides is 2. The molecule has 2 amide bonds. The minimum absolute atomic E-state index is 0.0334. The molecule has 0 spiro atoms. The number of rotatable bonds is 5. The second-order valence-electron chi connectivity index (χ2n) is 6.17. The minimum Gasteiger partial charge on any atom is -0.352 e. The summed E-state index contributed by atoms with van der Waals surface area (Å²) < 4.78 is 0. The van der Waals surface area contributed by atoms with Crippen LogP contribution in [0.2, 0.25) is 0 Å². The molecule has 0 bridgehead atoms. The van der Waals surface area contributed by atoms with Crippen LogP contribution in [0.4, 0.5) is 0 Å². The first-order chi connectivity index (χ1) is 9.36. The van der Waals surface area contributed by atoms with Crippen molar-refractivity contribution in [1.82, 2.24) is 10.2 Å². The van der Waals surface area contributed by atoms with Crippen molar-refractivity contribution in [2.24, 2.45) is 17.6 Å². The van der Waals surface area contributed by atoms with Crippen LogP contribution in [0.15, 0.2) is 0 Å². The van der Waals surface area contributed by atoms with Gasteiger partial charge in [0.05, 0.1) is 12.5 Å². The van der Waals surface area contributed by atoms with Crippen molar-refractivity contribution in [3.8, 4) is 0 Å². The Morgan fingerprint density at radius 3 is 2.50 bits per heavy atom. The molecule has 5 heteroatoms. The van der Waals surface area contributed by atoms with Crippen LogP contribution in [0.1, 0.15) is 47.0 Å². The summed E-state index contributed by atoms with van der Waals surface area (Å²) in [6, 6.07) is 0.0145. The maximum absolute atomic E-state index is 12.6. The summed E-state index contributed by atoms with van der Waals surface area (Å²) in [5, 5.41) is 2.82. The van der Waals surface area contributed by atoms with E-state index in [9.17, 15) is 9.59 Å². The molecule has 0 heterocycles. The van der Waals surface area contributed by atoms with Crippen LogP contribution in [-0.4, -0.2) is 41.9 Å². The largest absolute Gasteiger partial charge is 0.352 e. The second-order valence-corrected chi connectivity index (χ2v) is 6.17. The number of nitrogens with one attached hydrogen (secondary N) is 1. The lowest BCUT2D eigenvalue weighted by Crippen LogP contribution is -2.51. The van der Waals surface area contributed by atoms with Crippen LogP contribution in [0.3, 0.4) is 0 Å². The normalized spacial score (nSPS) is 26.4. The number of hydrogen-bond acceptors (Lipinski definition) is 3. The fourth-order valence-electron chi connectivity index (χ4n) is 2.98. The quantitative estimate of drug-likeness (QED) is 0.794. The lowest BCUT2D eigenvalue weighted by molar-refractivity contribution is -0.142. The fraction of sp³-hybridized carbons (Fsp3) is 0.867. The molecule has 5 nitrogen and oxygen atoms in total. The molecule has 3 atom stereocenters. The van der Waals surface area contributed by atoms with E-state index < -0.39 is 0 Å². The highest BCUT2D eigenvalue weighted by Gasteiger charge is 2.36. The number of nitrogens with two attached hydrogens (primary N) is 1. The topological polar surface area (TPSA) is 75.4 Å². The Hall–Kier alpha value is -1.10. The molecule has 1 rings (SSSR count). The molecule has 0 saturated heterocycles. The van der Waals surface area contributed by atoms with Gasteiger partial charge in [-0.05, 0) is 39.5 Å². The highest BCUT2D eigenvalue weighted by molar-refractivity contribution is 5.86. The van der Waals surface area contributed by atoms with Crippen molar-refractivity contribution in [3.63, 3.8) is 0 Å². The summed E-state index contributed by atoms with van der Waals surface area (Å²) >= 11 is 0. The van der Waals surface area contributed by atoms with Crippen LogP contribution in [0.25, 0.3) is 0 Å². The molecular formula is C15H29N3O2. The van der Waals surface area contributed by atoms with Crippen molar-refractivity contribution < 1.29 is 9.59 Å². The van der Waals surface area contributed by atoms with Gasteiger partial charge in [-0.25, -0.2) is 0 Å². The van der Waals surface area contributed by atoms with Crippen LogP contribution in [-0.2, 0) is 9.59 Å². The van der Waals surface area contributed by atoms with Gasteiger partial charge in [-0.1, -0.05) is 13.3 Å². The van der Waals surface area contributed by atoms with E-state index in [0.717, 1.165) is 19.3 Å². The lowest BCUT2D eigenvalue weighted by atomic mass is 9.76. The highest BCUT2D eigenvalue weighted by atomic mass is 16.2. The van der Waals surface area contributed by atoms with Gasteiger partial charge in [0.15, 0.2) is 0 Å². The van der Waals surface area contributed by atoms with Gasteiger partial charge >= 0.3 is 0 Å². The maximum Gasteiger partial charge on any atom is 0.239 e. The van der Waals surface area contributed by atoms with Crippen LogP contribution >= 0.6 is 0 Å². The summed E-state index contributed by atoms with van der Waals surface area (Å²) in [5.74, 6) is 0.0855. The van der Waals surface area contributed by atoms with Crippen LogP contribution in [0, 0.1) is 11.8 Å². The van der Waals surface area contributed by atoms with E-state index in [1.165, 1.54) is 0 Å². The van der Waals surface area contributed by atoms with Gasteiger partial charge in [0.1, 0.15) is 0 Å². The summed E-state index contributed by atoms with van der Waals surface area (Å²) in [5.41, 5.74) is 6.13. The average molecular weight is 283 g/mol. The Morgan fingerprint density at radius 2 is 2.00 bits per heavy atom. The molecule has 1 saturated carbocycles. The number of likely N-dealkylation sites (N-methyl/N-ethyl adjacent to an activating group) is 1. The van der Waals surface area contributed by atoms with Gasteiger partial charge in [-0.3, -0.25) is 9.59 Å². The third-order valence-electron chi connectivity index (χ3n) is 4.03. The first-order valence-corrected chi connectivity index (χ1v) is 7.70. The molecule has 1 aliphatic carbocycles. The second kappa shape index (κ2) is 7.62. The standard InChI is InChI=1S/C15H29N3O2/c1-5-18(9-13(19)17-10(2)3)15(20)14-11(4)7-6-8-12(14)16/h10-12,14H,5-9,16H2,1-4H3,(H,17,19). The molecule has 3 unspecified atom stereocenters. The lowest BCUT2D eigenvalue weighted by Gasteiger charge is -2.36. The smallest absolute Gasteiger partial charge is 0.239 e. The zero-order chi connectivity index (χ0) is 15.3. The Balaban J connectivity index is 2.68. The zero-order valence-corrected chi connectivity index (χ0v) is 13.2. The Labute approximate surface area is 122 Å². The van der Waals surface area contributed by atoms with Crippen molar-refractivity contribution in [1.29, 1.82) is 0 Å². The summed E-state index contributed by atoms with van der Waals surface area (Å²) in [4.78, 5) is 26.1. The molecule has 0 aromatic carbocycles. The predicted octanol–water partition coefficient (Wildman–Crippen LogP) is 1.12. The molecule has 20 heavy (non-hydrogen) atoms. The van der Waals surface area contributed by atoms with E-state index in [1.54, 1.807) is 4.90 Å². The molecule has 0 aromatic rings. The minimum atomic E-state index is -0.143. The molecule has 0 aromatic heterocycles. The van der Waals surface area contributed by atoms with Gasteiger partial charge in [0.25, 0.3) is 0 Å². The first-order valence-electron chi connectivity index (χ1n) is 7.70. The molecule has 0 radical (unpaired) electrons. The van der Waals surface area contributed by atoms with Crippen molar-refractivity contribution >= 4 is 11.8 Å². The number of carbonyl (C=O) groups is 2. The predicted molar refractivity (Wildman–Crippen MR) is 80.0 cm³/mol. The van der Waals surface area contributed by atoms with E-state index in [0.29, 0.717) is 12.5 Å². The Kier molecular flexibility index (Phi) is 6.46. The molecule has 0 aliphatic heterocycles. The van der Waals surface area contributed by atoms with Crippen LogP contribution < -0.4 is 11.1 Å². The highest BCUT2D eigenvalue weighted by Crippen LogP contribution is 2.30. The van der Waals surface area contributed by atoms with E-state index >= 15 is 0 Å². The first kappa shape index (κ1) is 17.0. The monoisotopic (exact) mass is 283 g/mol. The van der Waals surface area contributed by atoms with Gasteiger partial charge in [0.2, 0.25) is 11.8 Å². The van der Waals surface area contributed by atoms with Gasteiger partial charge < -0.3 is 16.0 Å². The van der Waals surface area contributed by atoms with Crippen molar-refractivity contribution in [2.75, 3.05) is 13.1 Å². The number of carbonyl (C=O) groups excluding carboxylic acids is 2. The molecular weight excluding hydrogens is 254 g/mol. The maximum atomic E-state index is 12.6. The Morgan fingerprint density at radius 1 is 1.35 bits per heavy atom. The van der Waals surface area contributed by atoms with Gasteiger partial charge in [0, 0.05) is 18.6 Å². The van der Waals surface area contributed by atoms with E-state index in [1.807, 2.05) is 20.8 Å². The number of nitrogens with zero attached hydrogens (tertiary/aromatic N) is 1. The van der Waals surface area contributed by atoms with Crippen molar-refractivity contribution in [2.45, 2.75) is 59.0 Å². The van der Waals surface area contributed by atoms with E-state index in [2.05, 4.69) is 12.2 Å². The van der Waals surface area contributed by atoms with Crippen molar-refractivity contribution in [3.05, 3.63) is 0 Å². The third kappa shape index (κ3) is 4.47. The average Bonchev–Trinajstić information content (AvgIpc) is 2.34. The molecule has 1 aliphatic rings. The molecule has 3 N–H and O–H groups in total. The SMILES string of the molecule is CCN(CC(=O)NC(C)C)C(=O)C1C(C)CCCC1N. The molecule has 116 valence electrons. The molecule has 1 fully saturated rings. The van der Waals surface area contributed by atoms with E-state index in [-0.39, 0.29) is 36.4 Å². The summed E-state index contributed by atoms with van der Waals surface area (Å²) in [7, 11) is 0. The zero-order valence-electron chi connectivity index (χ0n) is 13.2.